The van der Waals surface area contributed by atoms with Gasteiger partial charge in [-0.2, -0.15) is 0 Å². The van der Waals surface area contributed by atoms with Gasteiger partial charge >= 0.3 is 0 Å². The Labute approximate surface area is 180 Å². The summed E-state index contributed by atoms with van der Waals surface area (Å²) in [5.41, 5.74) is 1.52. The highest BCUT2D eigenvalue weighted by Gasteiger charge is 2.27. The van der Waals surface area contributed by atoms with Crippen molar-refractivity contribution in [3.8, 4) is 0 Å². The summed E-state index contributed by atoms with van der Waals surface area (Å²) in [5, 5.41) is 2.63. The average Bonchev–Trinajstić information content (AvgIpc) is 3.57. The molecule has 0 aromatic heterocycles. The minimum atomic E-state index is -3.50. The third-order valence-corrected chi connectivity index (χ3v) is 6.62. The van der Waals surface area contributed by atoms with Crippen molar-refractivity contribution in [3.05, 3.63) is 59.9 Å². The van der Waals surface area contributed by atoms with Crippen LogP contribution in [-0.4, -0.2) is 46.7 Å². The number of carbonyl (C=O) groups excluding carboxylic acids is 1. The molecular weight excluding hydrogens is 421 g/mol. The second kappa shape index (κ2) is 9.17. The van der Waals surface area contributed by atoms with E-state index < -0.39 is 21.7 Å². The lowest BCUT2D eigenvalue weighted by molar-refractivity contribution is -0.111. The molecule has 31 heavy (non-hydrogen) atoms. The van der Waals surface area contributed by atoms with Crippen molar-refractivity contribution in [2.45, 2.75) is 23.8 Å². The molecule has 4 rings (SSSR count). The summed E-state index contributed by atoms with van der Waals surface area (Å²) < 4.78 is 46.7. The second-order valence-corrected chi connectivity index (χ2v) is 9.27. The van der Waals surface area contributed by atoms with Crippen LogP contribution in [0.1, 0.15) is 18.4 Å². The predicted molar refractivity (Wildman–Crippen MR) is 117 cm³/mol. The van der Waals surface area contributed by atoms with Gasteiger partial charge < -0.3 is 15.0 Å². The quantitative estimate of drug-likeness (QED) is 0.640. The average molecular weight is 446 g/mol. The first-order valence-electron chi connectivity index (χ1n) is 10.1. The molecule has 1 saturated carbocycles. The fourth-order valence-electron chi connectivity index (χ4n) is 3.25. The number of morpholine rings is 1. The lowest BCUT2D eigenvalue weighted by atomic mass is 10.2. The van der Waals surface area contributed by atoms with Crippen LogP contribution in [0.2, 0.25) is 0 Å². The monoisotopic (exact) mass is 445 g/mol. The molecule has 1 aliphatic carbocycles. The van der Waals surface area contributed by atoms with Crippen LogP contribution >= 0.6 is 0 Å². The zero-order chi connectivity index (χ0) is 21.8. The number of sulfonamides is 1. The highest BCUT2D eigenvalue weighted by molar-refractivity contribution is 7.89. The van der Waals surface area contributed by atoms with E-state index in [-0.39, 0.29) is 10.9 Å². The lowest BCUT2D eigenvalue weighted by Gasteiger charge is -2.29. The molecule has 1 aliphatic heterocycles. The maximum Gasteiger partial charge on any atom is 0.248 e. The van der Waals surface area contributed by atoms with E-state index >= 15 is 0 Å². The van der Waals surface area contributed by atoms with Gasteiger partial charge in [0.2, 0.25) is 15.9 Å². The number of halogens is 1. The summed E-state index contributed by atoms with van der Waals surface area (Å²) in [6.45, 7) is 2.38. The molecule has 2 N–H and O–H groups in total. The molecule has 164 valence electrons. The number of amides is 1. The number of ether oxygens (including phenoxy) is 1. The normalized spacial score (nSPS) is 17.1. The SMILES string of the molecule is O=C(/C=C/c1ccc(S(=O)(=O)NC2CC2)cc1)Nc1ccc(N2CCOCC2)c(F)c1. The Morgan fingerprint density at radius 1 is 1.10 bits per heavy atom. The predicted octanol–water partition coefficient (Wildman–Crippen LogP) is 2.75. The van der Waals surface area contributed by atoms with Crippen molar-refractivity contribution in [2.24, 2.45) is 0 Å². The Balaban J connectivity index is 1.35. The molecule has 7 nitrogen and oxygen atoms in total. The summed E-state index contributed by atoms with van der Waals surface area (Å²) in [6.07, 6.45) is 4.63. The van der Waals surface area contributed by atoms with Gasteiger partial charge in [0.25, 0.3) is 0 Å². The Hall–Kier alpha value is -2.75. The van der Waals surface area contributed by atoms with E-state index in [1.165, 1.54) is 24.3 Å². The second-order valence-electron chi connectivity index (χ2n) is 7.55. The van der Waals surface area contributed by atoms with Gasteiger partial charge in [0.05, 0.1) is 23.8 Å². The Morgan fingerprint density at radius 2 is 1.81 bits per heavy atom. The van der Waals surface area contributed by atoms with Crippen LogP contribution < -0.4 is 14.9 Å². The summed E-state index contributed by atoms with van der Waals surface area (Å²) in [4.78, 5) is 14.3. The molecule has 2 fully saturated rings. The van der Waals surface area contributed by atoms with Gasteiger partial charge in [-0.05, 0) is 54.8 Å². The molecule has 1 amide bonds. The molecule has 0 radical (unpaired) electrons. The van der Waals surface area contributed by atoms with Gasteiger partial charge in [0.15, 0.2) is 0 Å². The van der Waals surface area contributed by atoms with Crippen LogP contribution in [0.15, 0.2) is 53.4 Å². The molecule has 0 bridgehead atoms. The number of carbonyl (C=O) groups is 1. The number of hydrogen-bond donors (Lipinski definition) is 2. The summed E-state index contributed by atoms with van der Waals surface area (Å²) in [5.74, 6) is -0.814. The molecule has 0 atom stereocenters. The number of nitrogens with one attached hydrogen (secondary N) is 2. The van der Waals surface area contributed by atoms with E-state index in [1.54, 1.807) is 30.3 Å². The van der Waals surface area contributed by atoms with E-state index in [4.69, 9.17) is 4.74 Å². The molecular formula is C22H24FN3O4S. The third-order valence-electron chi connectivity index (χ3n) is 5.08. The van der Waals surface area contributed by atoms with Gasteiger partial charge in [-0.3, -0.25) is 4.79 Å². The minimum absolute atomic E-state index is 0.0426. The van der Waals surface area contributed by atoms with Crippen molar-refractivity contribution in [1.29, 1.82) is 0 Å². The Kier molecular flexibility index (Phi) is 6.35. The van der Waals surface area contributed by atoms with Crippen LogP contribution in [-0.2, 0) is 19.6 Å². The fourth-order valence-corrected chi connectivity index (χ4v) is 4.55. The first kappa shape index (κ1) is 21.5. The molecule has 2 aliphatic rings. The first-order valence-corrected chi connectivity index (χ1v) is 11.6. The van der Waals surface area contributed by atoms with Crippen molar-refractivity contribution < 1.29 is 22.3 Å². The fraction of sp³-hybridized carbons (Fsp3) is 0.318. The van der Waals surface area contributed by atoms with Gasteiger partial charge in [-0.15, -0.1) is 0 Å². The zero-order valence-corrected chi connectivity index (χ0v) is 17.7. The molecule has 2 aromatic carbocycles. The highest BCUT2D eigenvalue weighted by atomic mass is 32.2. The largest absolute Gasteiger partial charge is 0.378 e. The number of nitrogens with zero attached hydrogens (tertiary/aromatic N) is 1. The van der Waals surface area contributed by atoms with Gasteiger partial charge in [-0.25, -0.2) is 17.5 Å². The van der Waals surface area contributed by atoms with E-state index in [1.807, 2.05) is 4.90 Å². The summed E-state index contributed by atoms with van der Waals surface area (Å²) in [7, 11) is -3.50. The maximum absolute atomic E-state index is 14.4. The Morgan fingerprint density at radius 3 is 2.45 bits per heavy atom. The topological polar surface area (TPSA) is 87.7 Å². The molecule has 1 heterocycles. The molecule has 9 heteroatoms. The van der Waals surface area contributed by atoms with Crippen LogP contribution in [0, 0.1) is 5.82 Å². The number of anilines is 2. The summed E-state index contributed by atoms with van der Waals surface area (Å²) >= 11 is 0. The lowest BCUT2D eigenvalue weighted by Crippen LogP contribution is -2.36. The van der Waals surface area contributed by atoms with Crippen LogP contribution in [0.25, 0.3) is 6.08 Å². The van der Waals surface area contributed by atoms with Crippen LogP contribution in [0.4, 0.5) is 15.8 Å². The number of hydrogen-bond acceptors (Lipinski definition) is 5. The van der Waals surface area contributed by atoms with Crippen LogP contribution in [0.3, 0.4) is 0 Å². The van der Waals surface area contributed by atoms with E-state index in [0.717, 1.165) is 12.8 Å². The van der Waals surface area contributed by atoms with Crippen molar-refractivity contribution >= 4 is 33.4 Å². The number of benzene rings is 2. The van der Waals surface area contributed by atoms with Crippen molar-refractivity contribution in [1.82, 2.24) is 4.72 Å². The van der Waals surface area contributed by atoms with Crippen molar-refractivity contribution in [3.63, 3.8) is 0 Å². The Bertz CT molecular complexity index is 1080. The molecule has 2 aromatic rings. The molecule has 0 spiro atoms. The smallest absolute Gasteiger partial charge is 0.248 e. The third kappa shape index (κ3) is 5.69. The first-order chi connectivity index (χ1) is 14.9. The highest BCUT2D eigenvalue weighted by Crippen LogP contribution is 2.24. The minimum Gasteiger partial charge on any atom is -0.378 e. The molecule has 0 unspecified atom stereocenters. The maximum atomic E-state index is 14.4. The zero-order valence-electron chi connectivity index (χ0n) is 16.9. The van der Waals surface area contributed by atoms with Gasteiger partial charge in [0.1, 0.15) is 5.82 Å². The van der Waals surface area contributed by atoms with E-state index in [0.29, 0.717) is 43.2 Å². The van der Waals surface area contributed by atoms with E-state index in [2.05, 4.69) is 10.0 Å². The van der Waals surface area contributed by atoms with E-state index in [9.17, 15) is 17.6 Å². The van der Waals surface area contributed by atoms with Crippen LogP contribution in [0.5, 0.6) is 0 Å². The van der Waals surface area contributed by atoms with Gasteiger partial charge in [0, 0.05) is 30.9 Å². The summed E-state index contributed by atoms with van der Waals surface area (Å²) in [6, 6.07) is 10.9. The molecule has 1 saturated heterocycles. The van der Waals surface area contributed by atoms with Crippen molar-refractivity contribution in [2.75, 3.05) is 36.5 Å². The standard InChI is InChI=1S/C22H24FN3O4S/c23-20-15-18(6-9-21(20)26-11-13-30-14-12-26)24-22(27)10-3-16-1-7-19(8-2-16)31(28,29)25-17-4-5-17/h1-3,6-10,15,17,25H,4-5,11-14H2,(H,24,27)/b10-3+. The van der Waals surface area contributed by atoms with Gasteiger partial charge in [-0.1, -0.05) is 12.1 Å². The number of rotatable bonds is 7.